The highest BCUT2D eigenvalue weighted by Crippen LogP contribution is 2.31. The van der Waals surface area contributed by atoms with E-state index in [1.54, 1.807) is 0 Å². The monoisotopic (exact) mass is 379 g/mol. The molecule has 28 heavy (non-hydrogen) atoms. The lowest BCUT2D eigenvalue weighted by molar-refractivity contribution is 0.166. The number of hydrogen-bond acceptors (Lipinski definition) is 6. The van der Waals surface area contributed by atoms with Gasteiger partial charge in [0.15, 0.2) is 5.65 Å². The first-order chi connectivity index (χ1) is 13.8. The van der Waals surface area contributed by atoms with E-state index in [0.717, 1.165) is 56.2 Å². The minimum absolute atomic E-state index is 0.177. The lowest BCUT2D eigenvalue weighted by atomic mass is 10.1. The van der Waals surface area contributed by atoms with E-state index < -0.39 is 0 Å². The largest absolute Gasteiger partial charge is 0.494 e. The van der Waals surface area contributed by atoms with E-state index in [-0.39, 0.29) is 6.10 Å². The van der Waals surface area contributed by atoms with Gasteiger partial charge in [0.25, 0.3) is 0 Å². The third-order valence-corrected chi connectivity index (χ3v) is 5.37. The Morgan fingerprint density at radius 1 is 1.07 bits per heavy atom. The molecular weight excluding hydrogens is 354 g/mol. The molecule has 0 unspecified atom stereocenters. The van der Waals surface area contributed by atoms with Crippen LogP contribution in [0.4, 0.5) is 5.82 Å². The van der Waals surface area contributed by atoms with Gasteiger partial charge in [-0.25, -0.2) is 4.98 Å². The van der Waals surface area contributed by atoms with Gasteiger partial charge in [-0.3, -0.25) is 0 Å². The Morgan fingerprint density at radius 2 is 1.86 bits per heavy atom. The Balaban J connectivity index is 1.34. The molecule has 0 saturated carbocycles. The summed E-state index contributed by atoms with van der Waals surface area (Å²) in [6.45, 7) is 6.32. The molecular formula is C21H25N5O2. The van der Waals surface area contributed by atoms with Gasteiger partial charge in [-0.1, -0.05) is 0 Å². The van der Waals surface area contributed by atoms with Gasteiger partial charge in [-0.2, -0.15) is 9.61 Å². The Labute approximate surface area is 164 Å². The number of fused-ring (bicyclic) bond motifs is 2. The Bertz CT molecular complexity index is 963. The summed E-state index contributed by atoms with van der Waals surface area (Å²) in [4.78, 5) is 7.20. The lowest BCUT2D eigenvalue weighted by Gasteiger charge is -2.41. The highest BCUT2D eigenvalue weighted by Gasteiger charge is 2.33. The number of hydrogen-bond donors (Lipinski definition) is 1. The van der Waals surface area contributed by atoms with Gasteiger partial charge in [0.2, 0.25) is 0 Å². The Kier molecular flexibility index (Phi) is 4.52. The van der Waals surface area contributed by atoms with Gasteiger partial charge < -0.3 is 19.7 Å². The molecule has 1 saturated heterocycles. The number of ether oxygens (including phenoxy) is 2. The van der Waals surface area contributed by atoms with Crippen LogP contribution in [0.2, 0.25) is 0 Å². The minimum atomic E-state index is 0.177. The first kappa shape index (κ1) is 17.3. The SMILES string of the molecule is CCOc1ccc(OC2CN(c3c4c(nc5ccnn35)CCNCC4)C2)cc1. The summed E-state index contributed by atoms with van der Waals surface area (Å²) in [6, 6.07) is 9.85. The van der Waals surface area contributed by atoms with Crippen LogP contribution in [0.15, 0.2) is 36.5 Å². The van der Waals surface area contributed by atoms with Crippen LogP contribution in [0.3, 0.4) is 0 Å². The maximum absolute atomic E-state index is 6.14. The van der Waals surface area contributed by atoms with Crippen molar-refractivity contribution in [3.63, 3.8) is 0 Å². The second-order valence-corrected chi connectivity index (χ2v) is 7.26. The molecule has 2 aromatic heterocycles. The van der Waals surface area contributed by atoms with Crippen molar-refractivity contribution in [2.75, 3.05) is 37.7 Å². The molecule has 7 nitrogen and oxygen atoms in total. The number of rotatable bonds is 5. The van der Waals surface area contributed by atoms with Gasteiger partial charge >= 0.3 is 0 Å². The molecule has 1 aromatic carbocycles. The maximum Gasteiger partial charge on any atom is 0.157 e. The fourth-order valence-electron chi connectivity index (χ4n) is 4.00. The zero-order chi connectivity index (χ0) is 18.9. The van der Waals surface area contributed by atoms with Gasteiger partial charge in [0, 0.05) is 24.6 Å². The van der Waals surface area contributed by atoms with Crippen LogP contribution < -0.4 is 19.7 Å². The molecule has 2 aliphatic rings. The van der Waals surface area contributed by atoms with E-state index in [0.29, 0.717) is 6.61 Å². The zero-order valence-corrected chi connectivity index (χ0v) is 16.1. The maximum atomic E-state index is 6.14. The van der Waals surface area contributed by atoms with Gasteiger partial charge in [0.05, 0.1) is 31.6 Å². The molecule has 146 valence electrons. The lowest BCUT2D eigenvalue weighted by Crippen LogP contribution is -2.55. The van der Waals surface area contributed by atoms with E-state index in [1.807, 2.05) is 48.0 Å². The number of nitrogens with one attached hydrogen (secondary N) is 1. The molecule has 7 heteroatoms. The predicted molar refractivity (Wildman–Crippen MR) is 108 cm³/mol. The summed E-state index contributed by atoms with van der Waals surface area (Å²) in [5.41, 5.74) is 3.44. The first-order valence-corrected chi connectivity index (χ1v) is 10.0. The first-order valence-electron chi connectivity index (χ1n) is 10.0. The summed E-state index contributed by atoms with van der Waals surface area (Å²) in [6.07, 6.45) is 3.95. The second kappa shape index (κ2) is 7.31. The van der Waals surface area contributed by atoms with Crippen LogP contribution in [0.5, 0.6) is 11.5 Å². The number of benzene rings is 1. The van der Waals surface area contributed by atoms with Crippen molar-refractivity contribution in [3.05, 3.63) is 47.8 Å². The van der Waals surface area contributed by atoms with Crippen molar-refractivity contribution in [1.29, 1.82) is 0 Å². The van der Waals surface area contributed by atoms with Crippen molar-refractivity contribution in [2.24, 2.45) is 0 Å². The van der Waals surface area contributed by atoms with Crippen molar-refractivity contribution in [2.45, 2.75) is 25.9 Å². The molecule has 0 bridgehead atoms. The fraction of sp³-hybridized carbons (Fsp3) is 0.429. The molecule has 0 atom stereocenters. The third-order valence-electron chi connectivity index (χ3n) is 5.37. The number of anilines is 1. The van der Waals surface area contributed by atoms with Crippen LogP contribution in [0.1, 0.15) is 18.2 Å². The summed E-state index contributed by atoms with van der Waals surface area (Å²) < 4.78 is 13.6. The van der Waals surface area contributed by atoms with Gasteiger partial charge in [-0.15, -0.1) is 0 Å². The van der Waals surface area contributed by atoms with E-state index in [4.69, 9.17) is 14.5 Å². The fourth-order valence-corrected chi connectivity index (χ4v) is 4.00. The molecule has 1 fully saturated rings. The molecule has 0 aliphatic carbocycles. The van der Waals surface area contributed by atoms with E-state index in [2.05, 4.69) is 15.3 Å². The third kappa shape index (κ3) is 3.16. The van der Waals surface area contributed by atoms with Crippen molar-refractivity contribution in [3.8, 4) is 11.5 Å². The quantitative estimate of drug-likeness (QED) is 0.732. The molecule has 5 rings (SSSR count). The topological polar surface area (TPSA) is 63.9 Å². The van der Waals surface area contributed by atoms with E-state index >= 15 is 0 Å². The molecule has 2 aliphatic heterocycles. The standard InChI is InChI=1S/C21H25N5O2/c1-2-27-15-3-5-16(6-4-15)28-17-13-25(14-17)21-18-7-10-22-11-8-19(18)24-20-9-12-23-26(20)21/h3-6,9,12,17,22H,2,7-8,10-11,13-14H2,1H3. The van der Waals surface area contributed by atoms with Crippen molar-refractivity contribution < 1.29 is 9.47 Å². The summed E-state index contributed by atoms with van der Waals surface area (Å²) in [5, 5.41) is 8.01. The number of aromatic nitrogens is 3. The Hall–Kier alpha value is -2.80. The van der Waals surface area contributed by atoms with Crippen LogP contribution in [0.25, 0.3) is 5.65 Å². The van der Waals surface area contributed by atoms with Crippen molar-refractivity contribution >= 4 is 11.5 Å². The zero-order valence-electron chi connectivity index (χ0n) is 16.1. The average Bonchev–Trinajstić information content (AvgIpc) is 3.01. The predicted octanol–water partition coefficient (Wildman–Crippen LogP) is 2.08. The highest BCUT2D eigenvalue weighted by atomic mass is 16.5. The van der Waals surface area contributed by atoms with E-state index in [9.17, 15) is 0 Å². The average molecular weight is 379 g/mol. The van der Waals surface area contributed by atoms with Gasteiger partial charge in [0.1, 0.15) is 23.4 Å². The summed E-state index contributed by atoms with van der Waals surface area (Å²) in [7, 11) is 0. The van der Waals surface area contributed by atoms with Crippen LogP contribution in [0, 0.1) is 0 Å². The molecule has 3 aromatic rings. The second-order valence-electron chi connectivity index (χ2n) is 7.26. The summed E-state index contributed by atoms with van der Waals surface area (Å²) >= 11 is 0. The molecule has 0 radical (unpaired) electrons. The summed E-state index contributed by atoms with van der Waals surface area (Å²) in [5.74, 6) is 2.94. The van der Waals surface area contributed by atoms with Crippen molar-refractivity contribution in [1.82, 2.24) is 19.9 Å². The minimum Gasteiger partial charge on any atom is -0.494 e. The van der Waals surface area contributed by atoms with Gasteiger partial charge in [-0.05, 0) is 44.2 Å². The molecule has 4 heterocycles. The van der Waals surface area contributed by atoms with Crippen LogP contribution >= 0.6 is 0 Å². The molecule has 0 spiro atoms. The van der Waals surface area contributed by atoms with E-state index in [1.165, 1.54) is 17.1 Å². The van der Waals surface area contributed by atoms with Crippen LogP contribution in [-0.4, -0.2) is 53.5 Å². The highest BCUT2D eigenvalue weighted by molar-refractivity contribution is 5.59. The Morgan fingerprint density at radius 3 is 2.68 bits per heavy atom. The number of nitrogens with zero attached hydrogens (tertiary/aromatic N) is 4. The van der Waals surface area contributed by atoms with Crippen LogP contribution in [-0.2, 0) is 12.8 Å². The molecule has 1 N–H and O–H groups in total. The normalized spacial score (nSPS) is 17.1. The smallest absolute Gasteiger partial charge is 0.157 e. The molecule has 0 amide bonds.